The number of nitro groups is 1. The number of nitrogens with two attached hydrogens (primary N) is 1. The van der Waals surface area contributed by atoms with Crippen LogP contribution in [0.5, 0.6) is 0 Å². The van der Waals surface area contributed by atoms with Crippen LogP contribution in [-0.2, 0) is 0 Å². The zero-order chi connectivity index (χ0) is 13.3. The molecule has 0 aliphatic rings. The molecule has 0 saturated heterocycles. The zero-order valence-electron chi connectivity index (χ0n) is 9.53. The standard InChI is InChI=1S/C9H11N5O4/c1-13(2-3-15)6-4-5(10)9(14(16)17)8-7(6)11-18-12-8/h4,15H,2-3,10H2,1H3. The first-order chi connectivity index (χ1) is 8.56. The minimum atomic E-state index is -0.627. The first-order valence-electron chi connectivity index (χ1n) is 5.07. The van der Waals surface area contributed by atoms with E-state index >= 15 is 0 Å². The van der Waals surface area contributed by atoms with Crippen molar-refractivity contribution in [1.29, 1.82) is 0 Å². The first-order valence-corrected chi connectivity index (χ1v) is 5.07. The predicted octanol–water partition coefficient (Wildman–Crippen LogP) is 0.142. The topological polar surface area (TPSA) is 132 Å². The Morgan fingerprint density at radius 1 is 1.56 bits per heavy atom. The van der Waals surface area contributed by atoms with Gasteiger partial charge < -0.3 is 15.7 Å². The third-order valence-corrected chi connectivity index (χ3v) is 2.55. The molecule has 0 unspecified atom stereocenters. The maximum atomic E-state index is 10.9. The molecule has 9 nitrogen and oxygen atoms in total. The number of nitro benzene ring substituents is 1. The number of aromatic nitrogens is 2. The Hall–Kier alpha value is -2.42. The molecule has 0 spiro atoms. The van der Waals surface area contributed by atoms with Crippen molar-refractivity contribution in [3.63, 3.8) is 0 Å². The van der Waals surface area contributed by atoms with E-state index in [1.807, 2.05) is 0 Å². The molecular formula is C9H11N5O4. The van der Waals surface area contributed by atoms with E-state index in [2.05, 4.69) is 14.9 Å². The van der Waals surface area contributed by atoms with Crippen molar-refractivity contribution in [3.8, 4) is 0 Å². The lowest BCUT2D eigenvalue weighted by molar-refractivity contribution is -0.382. The van der Waals surface area contributed by atoms with Crippen molar-refractivity contribution >= 4 is 28.1 Å². The van der Waals surface area contributed by atoms with Gasteiger partial charge in [0.25, 0.3) is 0 Å². The van der Waals surface area contributed by atoms with E-state index in [0.717, 1.165) is 0 Å². The Morgan fingerprint density at radius 3 is 2.83 bits per heavy atom. The van der Waals surface area contributed by atoms with E-state index in [4.69, 9.17) is 10.8 Å². The molecule has 1 aromatic carbocycles. The monoisotopic (exact) mass is 253 g/mol. The maximum Gasteiger partial charge on any atom is 0.323 e. The normalized spacial score (nSPS) is 10.8. The average Bonchev–Trinajstić information content (AvgIpc) is 2.75. The molecule has 0 aliphatic carbocycles. The van der Waals surface area contributed by atoms with Crippen LogP contribution in [0.4, 0.5) is 17.1 Å². The lowest BCUT2D eigenvalue weighted by Gasteiger charge is -2.18. The molecule has 9 heteroatoms. The minimum Gasteiger partial charge on any atom is -0.395 e. The van der Waals surface area contributed by atoms with Gasteiger partial charge in [0.15, 0.2) is 5.52 Å². The van der Waals surface area contributed by atoms with Crippen LogP contribution >= 0.6 is 0 Å². The minimum absolute atomic E-state index is 0.000195. The number of likely N-dealkylation sites (N-methyl/N-ethyl adjacent to an activating group) is 1. The maximum absolute atomic E-state index is 10.9. The molecule has 18 heavy (non-hydrogen) atoms. The van der Waals surface area contributed by atoms with Gasteiger partial charge in [-0.15, -0.1) is 0 Å². The Kier molecular flexibility index (Phi) is 2.98. The Labute approximate surface area is 101 Å². The van der Waals surface area contributed by atoms with E-state index in [1.54, 1.807) is 11.9 Å². The highest BCUT2D eigenvalue weighted by atomic mass is 16.6. The van der Waals surface area contributed by atoms with Gasteiger partial charge in [-0.3, -0.25) is 10.1 Å². The smallest absolute Gasteiger partial charge is 0.323 e. The fourth-order valence-corrected chi connectivity index (χ4v) is 1.69. The van der Waals surface area contributed by atoms with Crippen LogP contribution in [0.2, 0.25) is 0 Å². The lowest BCUT2D eigenvalue weighted by Crippen LogP contribution is -2.21. The molecule has 2 aromatic rings. The van der Waals surface area contributed by atoms with Crippen molar-refractivity contribution in [2.75, 3.05) is 30.8 Å². The van der Waals surface area contributed by atoms with Crippen molar-refractivity contribution < 1.29 is 14.7 Å². The van der Waals surface area contributed by atoms with Crippen LogP contribution in [0.1, 0.15) is 0 Å². The zero-order valence-corrected chi connectivity index (χ0v) is 9.53. The summed E-state index contributed by atoms with van der Waals surface area (Å²) in [6.07, 6.45) is 0. The van der Waals surface area contributed by atoms with Gasteiger partial charge in [0.1, 0.15) is 5.69 Å². The van der Waals surface area contributed by atoms with E-state index in [9.17, 15) is 10.1 Å². The number of aliphatic hydroxyl groups excluding tert-OH is 1. The van der Waals surface area contributed by atoms with E-state index < -0.39 is 4.92 Å². The summed E-state index contributed by atoms with van der Waals surface area (Å²) in [5.74, 6) is 0. The van der Waals surface area contributed by atoms with Gasteiger partial charge in [-0.05, 0) is 16.4 Å². The molecule has 0 aliphatic heterocycles. The Balaban J connectivity index is 2.67. The highest BCUT2D eigenvalue weighted by Gasteiger charge is 2.25. The third-order valence-electron chi connectivity index (χ3n) is 2.55. The molecule has 96 valence electrons. The number of fused-ring (bicyclic) bond motifs is 1. The SMILES string of the molecule is CN(CCO)c1cc(N)c([N+](=O)[O-])c2nonc12. The number of anilines is 2. The summed E-state index contributed by atoms with van der Waals surface area (Å²) in [6.45, 7) is 0.263. The first kappa shape index (κ1) is 12.0. The second-order valence-corrected chi connectivity index (χ2v) is 3.70. The highest BCUT2D eigenvalue weighted by molar-refractivity contribution is 5.99. The fraction of sp³-hybridized carbons (Fsp3) is 0.333. The van der Waals surface area contributed by atoms with Crippen molar-refractivity contribution in [1.82, 2.24) is 10.3 Å². The predicted molar refractivity (Wildman–Crippen MR) is 63.2 cm³/mol. The van der Waals surface area contributed by atoms with Crippen molar-refractivity contribution in [2.24, 2.45) is 0 Å². The number of benzene rings is 1. The second-order valence-electron chi connectivity index (χ2n) is 3.70. The van der Waals surface area contributed by atoms with Gasteiger partial charge in [0, 0.05) is 13.6 Å². The molecule has 0 amide bonds. The van der Waals surface area contributed by atoms with Gasteiger partial charge in [0.2, 0.25) is 5.52 Å². The number of aliphatic hydroxyl groups is 1. The lowest BCUT2D eigenvalue weighted by atomic mass is 10.2. The number of hydrogen-bond donors (Lipinski definition) is 2. The van der Waals surface area contributed by atoms with Gasteiger partial charge in [-0.1, -0.05) is 0 Å². The summed E-state index contributed by atoms with van der Waals surface area (Å²) in [5, 5.41) is 26.9. The quantitative estimate of drug-likeness (QED) is 0.446. The van der Waals surface area contributed by atoms with Gasteiger partial charge in [-0.2, -0.15) is 0 Å². The summed E-state index contributed by atoms with van der Waals surface area (Å²) in [5.41, 5.74) is 6.05. The number of nitrogen functional groups attached to an aromatic ring is 1. The molecule has 0 radical (unpaired) electrons. The highest BCUT2D eigenvalue weighted by Crippen LogP contribution is 2.35. The van der Waals surface area contributed by atoms with Crippen LogP contribution in [0.3, 0.4) is 0 Å². The van der Waals surface area contributed by atoms with E-state index in [0.29, 0.717) is 12.2 Å². The number of hydrogen-bond acceptors (Lipinski definition) is 8. The van der Waals surface area contributed by atoms with Gasteiger partial charge in [-0.25, -0.2) is 4.63 Å². The molecule has 0 saturated carbocycles. The molecule has 3 N–H and O–H groups in total. The largest absolute Gasteiger partial charge is 0.395 e. The summed E-state index contributed by atoms with van der Waals surface area (Å²) >= 11 is 0. The van der Waals surface area contributed by atoms with Crippen molar-refractivity contribution in [2.45, 2.75) is 0 Å². The van der Waals surface area contributed by atoms with Crippen LogP contribution in [0, 0.1) is 10.1 Å². The number of nitrogens with zero attached hydrogens (tertiary/aromatic N) is 4. The Bertz CT molecular complexity index is 596. The fourth-order valence-electron chi connectivity index (χ4n) is 1.69. The van der Waals surface area contributed by atoms with Crippen molar-refractivity contribution in [3.05, 3.63) is 16.2 Å². The van der Waals surface area contributed by atoms with E-state index in [-0.39, 0.29) is 29.0 Å². The summed E-state index contributed by atoms with van der Waals surface area (Å²) in [7, 11) is 1.70. The molecule has 1 heterocycles. The van der Waals surface area contributed by atoms with Crippen LogP contribution in [0.25, 0.3) is 11.0 Å². The van der Waals surface area contributed by atoms with Gasteiger partial charge >= 0.3 is 5.69 Å². The molecule has 0 bridgehead atoms. The molecule has 1 aromatic heterocycles. The summed E-state index contributed by atoms with van der Waals surface area (Å²) in [4.78, 5) is 11.9. The number of rotatable bonds is 4. The summed E-state index contributed by atoms with van der Waals surface area (Å²) in [6, 6.07) is 1.42. The van der Waals surface area contributed by atoms with Crippen LogP contribution in [-0.4, -0.2) is 40.5 Å². The molecular weight excluding hydrogens is 242 g/mol. The Morgan fingerprint density at radius 2 is 2.22 bits per heavy atom. The van der Waals surface area contributed by atoms with Crippen LogP contribution < -0.4 is 10.6 Å². The summed E-state index contributed by atoms with van der Waals surface area (Å²) < 4.78 is 4.53. The molecule has 0 fully saturated rings. The average molecular weight is 253 g/mol. The van der Waals surface area contributed by atoms with Crippen LogP contribution in [0.15, 0.2) is 10.7 Å². The molecule has 0 atom stereocenters. The molecule has 2 rings (SSSR count). The second kappa shape index (κ2) is 4.45. The third kappa shape index (κ3) is 1.80. The van der Waals surface area contributed by atoms with E-state index in [1.165, 1.54) is 6.07 Å². The van der Waals surface area contributed by atoms with Gasteiger partial charge in [0.05, 0.1) is 17.2 Å².